The van der Waals surface area contributed by atoms with Crippen molar-refractivity contribution >= 4 is 52.8 Å². The van der Waals surface area contributed by atoms with E-state index in [1.807, 2.05) is 32.0 Å². The van der Waals surface area contributed by atoms with Crippen LogP contribution >= 0.6 is 11.6 Å². The van der Waals surface area contributed by atoms with E-state index in [1.54, 1.807) is 19.1 Å². The Morgan fingerprint density at radius 1 is 0.977 bits per heavy atom. The minimum atomic E-state index is -0.915. The van der Waals surface area contributed by atoms with Gasteiger partial charge in [-0.15, -0.1) is 0 Å². The van der Waals surface area contributed by atoms with Crippen LogP contribution in [-0.2, 0) is 14.4 Å². The third-order valence-corrected chi connectivity index (χ3v) is 6.66. The number of nitrogens with zero attached hydrogens (tertiary/aromatic N) is 1. The molecule has 0 unspecified atom stereocenters. The maximum atomic E-state index is 13.5. The van der Waals surface area contributed by atoms with Crippen molar-refractivity contribution in [2.45, 2.75) is 27.2 Å². The predicted octanol–water partition coefficient (Wildman–Crippen LogP) is 5.53. The average molecular weight is 622 g/mol. The van der Waals surface area contributed by atoms with Crippen molar-refractivity contribution in [3.63, 3.8) is 0 Å². The van der Waals surface area contributed by atoms with Crippen LogP contribution in [0.3, 0.4) is 0 Å². The molecule has 0 atom stereocenters. The van der Waals surface area contributed by atoms with E-state index < -0.39 is 23.8 Å². The Labute approximate surface area is 259 Å². The molecule has 12 heteroatoms. The van der Waals surface area contributed by atoms with Crippen molar-refractivity contribution in [3.05, 3.63) is 76.3 Å². The summed E-state index contributed by atoms with van der Waals surface area (Å²) in [7, 11) is 1.44. The Morgan fingerprint density at radius 3 is 2.45 bits per heavy atom. The second-order valence-corrected chi connectivity index (χ2v) is 9.96. The minimum absolute atomic E-state index is 0.0792. The number of halogens is 1. The molecule has 0 saturated carbocycles. The van der Waals surface area contributed by atoms with Crippen LogP contribution in [0.1, 0.15) is 31.4 Å². The normalized spacial score (nSPS) is 13.9. The number of aryl methyl sites for hydroxylation is 1. The van der Waals surface area contributed by atoms with Gasteiger partial charge >= 0.3 is 6.03 Å². The van der Waals surface area contributed by atoms with Crippen molar-refractivity contribution in [1.29, 1.82) is 0 Å². The van der Waals surface area contributed by atoms with Gasteiger partial charge in [-0.2, -0.15) is 0 Å². The molecule has 5 amide bonds. The number of methoxy groups -OCH3 is 1. The first-order chi connectivity index (χ1) is 21.2. The van der Waals surface area contributed by atoms with Crippen molar-refractivity contribution in [2.24, 2.45) is 0 Å². The van der Waals surface area contributed by atoms with Gasteiger partial charge in [-0.05, 0) is 67.8 Å². The van der Waals surface area contributed by atoms with Crippen molar-refractivity contribution < 1.29 is 38.1 Å². The lowest BCUT2D eigenvalue weighted by Gasteiger charge is -2.27. The number of para-hydroxylation sites is 1. The summed E-state index contributed by atoms with van der Waals surface area (Å²) in [6.07, 6.45) is 2.07. The molecule has 2 N–H and O–H groups in total. The number of anilines is 2. The number of carbonyl (C=O) groups is 4. The molecule has 4 rings (SSSR count). The number of hydrogen-bond acceptors (Lipinski definition) is 8. The third-order valence-electron chi connectivity index (χ3n) is 6.38. The topological polar surface area (TPSA) is 132 Å². The zero-order valence-corrected chi connectivity index (χ0v) is 25.4. The van der Waals surface area contributed by atoms with Gasteiger partial charge in [-0.25, -0.2) is 9.69 Å². The Kier molecular flexibility index (Phi) is 10.5. The highest BCUT2D eigenvalue weighted by Gasteiger charge is 2.37. The molecule has 1 fully saturated rings. The van der Waals surface area contributed by atoms with Crippen LogP contribution in [-0.4, -0.2) is 50.7 Å². The summed E-state index contributed by atoms with van der Waals surface area (Å²) < 4.78 is 22.4. The van der Waals surface area contributed by atoms with E-state index in [0.717, 1.165) is 16.9 Å². The maximum absolute atomic E-state index is 13.5. The van der Waals surface area contributed by atoms with Crippen molar-refractivity contribution in [3.8, 4) is 23.0 Å². The number of hydrogen-bond donors (Lipinski definition) is 2. The van der Waals surface area contributed by atoms with E-state index in [0.29, 0.717) is 29.4 Å². The van der Waals surface area contributed by atoms with Crippen LogP contribution in [0.2, 0.25) is 5.02 Å². The summed E-state index contributed by atoms with van der Waals surface area (Å²) in [5.41, 5.74) is 1.72. The van der Waals surface area contributed by atoms with Gasteiger partial charge in [0.25, 0.3) is 17.7 Å². The van der Waals surface area contributed by atoms with Crippen LogP contribution < -0.4 is 34.5 Å². The summed E-state index contributed by atoms with van der Waals surface area (Å²) in [6.45, 7) is 5.93. The molecule has 1 heterocycles. The fourth-order valence-corrected chi connectivity index (χ4v) is 4.57. The molecular weight excluding hydrogens is 590 g/mol. The SMILES string of the molecule is CCCOc1ccc(N2C(=O)NC(=O)/C(=C/c3cc(Cl)c(OCC(=O)Nc4ccccc4C)c(OCC)c3)C2=O)cc1OC. The van der Waals surface area contributed by atoms with Crippen molar-refractivity contribution in [1.82, 2.24) is 5.32 Å². The maximum Gasteiger partial charge on any atom is 0.335 e. The number of benzene rings is 3. The standard InChI is InChI=1S/C32H32ClN3O8/c1-5-13-43-25-12-11-21(17-26(25)41-4)36-31(39)22(30(38)35-32(36)40)14-20-15-23(33)29(27(16-20)42-6-2)44-18-28(37)34-24-10-8-7-9-19(24)3/h7-12,14-17H,5-6,13,18H2,1-4H3,(H,34,37)(H,35,38,40)/b22-14-. The molecule has 44 heavy (non-hydrogen) atoms. The lowest BCUT2D eigenvalue weighted by Crippen LogP contribution is -2.54. The molecule has 0 aliphatic carbocycles. The number of nitrogens with one attached hydrogen (secondary N) is 2. The second kappa shape index (κ2) is 14.4. The first-order valence-electron chi connectivity index (χ1n) is 13.8. The summed E-state index contributed by atoms with van der Waals surface area (Å²) in [6, 6.07) is 14.0. The van der Waals surface area contributed by atoms with Gasteiger partial charge in [-0.3, -0.25) is 19.7 Å². The predicted molar refractivity (Wildman–Crippen MR) is 166 cm³/mol. The van der Waals surface area contributed by atoms with E-state index in [4.69, 9.17) is 30.5 Å². The molecule has 3 aromatic carbocycles. The fraction of sp³-hybridized carbons (Fsp3) is 0.250. The van der Waals surface area contributed by atoms with Crippen LogP contribution in [0.5, 0.6) is 23.0 Å². The Balaban J connectivity index is 1.59. The summed E-state index contributed by atoms with van der Waals surface area (Å²) in [5.74, 6) is -1.07. The quantitative estimate of drug-likeness (QED) is 0.199. The van der Waals surface area contributed by atoms with Crippen LogP contribution in [0.25, 0.3) is 6.08 Å². The van der Waals surface area contributed by atoms with Gasteiger partial charge in [0.2, 0.25) is 0 Å². The molecule has 1 saturated heterocycles. The third kappa shape index (κ3) is 7.30. The molecule has 0 bridgehead atoms. The summed E-state index contributed by atoms with van der Waals surface area (Å²) in [4.78, 5) is 52.4. The van der Waals surface area contributed by atoms with E-state index in [9.17, 15) is 19.2 Å². The van der Waals surface area contributed by atoms with Crippen LogP contribution in [0.4, 0.5) is 16.2 Å². The molecule has 3 aromatic rings. The van der Waals surface area contributed by atoms with Gasteiger partial charge < -0.3 is 24.3 Å². The number of ether oxygens (including phenoxy) is 4. The highest BCUT2D eigenvalue weighted by molar-refractivity contribution is 6.39. The van der Waals surface area contributed by atoms with Gasteiger partial charge in [0.15, 0.2) is 29.6 Å². The lowest BCUT2D eigenvalue weighted by atomic mass is 10.1. The van der Waals surface area contributed by atoms with Gasteiger partial charge in [0.1, 0.15) is 5.57 Å². The Bertz CT molecular complexity index is 1620. The lowest BCUT2D eigenvalue weighted by molar-refractivity contribution is -0.122. The number of barbiturate groups is 1. The first kappa shape index (κ1) is 31.9. The monoisotopic (exact) mass is 621 g/mol. The van der Waals surface area contributed by atoms with Crippen LogP contribution in [0, 0.1) is 6.92 Å². The molecule has 1 aliphatic rings. The molecule has 230 valence electrons. The van der Waals surface area contributed by atoms with E-state index in [2.05, 4.69) is 10.6 Å². The first-order valence-corrected chi connectivity index (χ1v) is 14.2. The summed E-state index contributed by atoms with van der Waals surface area (Å²) in [5, 5.41) is 5.05. The number of rotatable bonds is 12. The van der Waals surface area contributed by atoms with E-state index in [1.165, 1.54) is 37.5 Å². The highest BCUT2D eigenvalue weighted by Crippen LogP contribution is 2.38. The second-order valence-electron chi connectivity index (χ2n) is 9.56. The summed E-state index contributed by atoms with van der Waals surface area (Å²) >= 11 is 6.52. The largest absolute Gasteiger partial charge is 0.493 e. The zero-order chi connectivity index (χ0) is 31.8. The molecule has 0 spiro atoms. The Hall–Kier alpha value is -5.03. The molecule has 0 aromatic heterocycles. The average Bonchev–Trinajstić information content (AvgIpc) is 2.99. The van der Waals surface area contributed by atoms with Gasteiger partial charge in [0.05, 0.1) is 31.0 Å². The number of urea groups is 1. The number of carbonyl (C=O) groups excluding carboxylic acids is 4. The van der Waals surface area contributed by atoms with Crippen molar-refractivity contribution in [2.75, 3.05) is 37.1 Å². The zero-order valence-electron chi connectivity index (χ0n) is 24.7. The smallest absolute Gasteiger partial charge is 0.335 e. The van der Waals surface area contributed by atoms with E-state index >= 15 is 0 Å². The highest BCUT2D eigenvalue weighted by atomic mass is 35.5. The van der Waals surface area contributed by atoms with Crippen LogP contribution in [0.15, 0.2) is 60.2 Å². The molecule has 0 radical (unpaired) electrons. The van der Waals surface area contributed by atoms with E-state index in [-0.39, 0.29) is 41.0 Å². The fourth-order valence-electron chi connectivity index (χ4n) is 4.30. The van der Waals surface area contributed by atoms with Gasteiger partial charge in [0, 0.05) is 11.8 Å². The number of imide groups is 2. The molecule has 11 nitrogen and oxygen atoms in total. The molecule has 1 aliphatic heterocycles. The van der Waals surface area contributed by atoms with Gasteiger partial charge in [-0.1, -0.05) is 36.7 Å². The Morgan fingerprint density at radius 2 is 1.75 bits per heavy atom. The number of amides is 5. The molecular formula is C32H32ClN3O8. The minimum Gasteiger partial charge on any atom is -0.493 e.